The van der Waals surface area contributed by atoms with Gasteiger partial charge in [0, 0.05) is 16.0 Å². The predicted octanol–water partition coefficient (Wildman–Crippen LogP) is 6.14. The number of benzene rings is 3. The smallest absolute Gasteiger partial charge is 0.416 e. The Hall–Kier alpha value is -3.52. The fourth-order valence-corrected chi connectivity index (χ4v) is 3.45. The lowest BCUT2D eigenvalue weighted by Gasteiger charge is -2.14. The van der Waals surface area contributed by atoms with E-state index >= 15 is 0 Å². The third kappa shape index (κ3) is 4.55. The van der Waals surface area contributed by atoms with Crippen LogP contribution in [-0.2, 0) is 12.8 Å². The summed E-state index contributed by atoms with van der Waals surface area (Å²) in [4.78, 5) is 8.58. The molecule has 4 rings (SSSR count). The highest BCUT2D eigenvalue weighted by Crippen LogP contribution is 2.36. The number of ether oxygens (including phenoxy) is 2. The summed E-state index contributed by atoms with van der Waals surface area (Å²) < 4.78 is 50.1. The highest BCUT2D eigenvalue weighted by Gasteiger charge is 2.30. The molecule has 0 radical (unpaired) electrons. The standard InChI is InChI=1S/C23H17ClF3N3O2/c1-31-19-8-5-14(21-17-11-16(24)6-7-18(17)29-22(28)30-21)10-20(19)32-12-13-3-2-4-15(9-13)23(25,26)27/h2-11H,12H2,1H3,(H2,28,29,30). The van der Waals surface area contributed by atoms with Gasteiger partial charge in [0.05, 0.1) is 23.9 Å². The first-order chi connectivity index (χ1) is 15.2. The first-order valence-corrected chi connectivity index (χ1v) is 9.82. The second-order valence-corrected chi connectivity index (χ2v) is 7.38. The quantitative estimate of drug-likeness (QED) is 0.388. The third-order valence-corrected chi connectivity index (χ3v) is 5.00. The fraction of sp³-hybridized carbons (Fsp3) is 0.130. The van der Waals surface area contributed by atoms with Gasteiger partial charge >= 0.3 is 6.18 Å². The molecule has 0 saturated carbocycles. The van der Waals surface area contributed by atoms with Gasteiger partial charge in [0.15, 0.2) is 11.5 Å². The van der Waals surface area contributed by atoms with E-state index < -0.39 is 11.7 Å². The van der Waals surface area contributed by atoms with Crippen molar-refractivity contribution < 1.29 is 22.6 Å². The van der Waals surface area contributed by atoms with Crippen LogP contribution in [0.3, 0.4) is 0 Å². The molecule has 0 aliphatic carbocycles. The van der Waals surface area contributed by atoms with E-state index in [0.29, 0.717) is 44.2 Å². The van der Waals surface area contributed by atoms with Crippen molar-refractivity contribution in [1.29, 1.82) is 0 Å². The van der Waals surface area contributed by atoms with Gasteiger partial charge in [-0.1, -0.05) is 23.7 Å². The van der Waals surface area contributed by atoms with E-state index in [9.17, 15) is 13.2 Å². The van der Waals surface area contributed by atoms with Crippen LogP contribution in [0.1, 0.15) is 11.1 Å². The molecule has 0 spiro atoms. The maximum absolute atomic E-state index is 13.0. The molecule has 9 heteroatoms. The molecule has 0 amide bonds. The summed E-state index contributed by atoms with van der Waals surface area (Å²) in [7, 11) is 1.48. The van der Waals surface area contributed by atoms with Crippen LogP contribution in [-0.4, -0.2) is 17.1 Å². The van der Waals surface area contributed by atoms with E-state index in [-0.39, 0.29) is 12.6 Å². The Bertz CT molecular complexity index is 1300. The van der Waals surface area contributed by atoms with Gasteiger partial charge in [-0.25, -0.2) is 9.97 Å². The maximum atomic E-state index is 13.0. The zero-order valence-corrected chi connectivity index (χ0v) is 17.5. The molecule has 0 fully saturated rings. The number of nitrogen functional groups attached to an aromatic ring is 1. The van der Waals surface area contributed by atoms with Crippen molar-refractivity contribution in [3.05, 3.63) is 76.8 Å². The molecule has 0 aliphatic heterocycles. The summed E-state index contributed by atoms with van der Waals surface area (Å²) in [5, 5.41) is 1.21. The molecule has 2 N–H and O–H groups in total. The largest absolute Gasteiger partial charge is 0.493 e. The zero-order valence-electron chi connectivity index (χ0n) is 16.8. The van der Waals surface area contributed by atoms with Crippen LogP contribution in [0.25, 0.3) is 22.2 Å². The first-order valence-electron chi connectivity index (χ1n) is 9.45. The Labute approximate surface area is 186 Å². The Kier molecular flexibility index (Phi) is 5.80. The Morgan fingerprint density at radius 1 is 0.969 bits per heavy atom. The molecule has 164 valence electrons. The lowest BCUT2D eigenvalue weighted by Crippen LogP contribution is -2.06. The van der Waals surface area contributed by atoms with E-state index in [0.717, 1.165) is 12.1 Å². The second kappa shape index (κ2) is 8.55. The van der Waals surface area contributed by atoms with Crippen molar-refractivity contribution in [3.63, 3.8) is 0 Å². The number of fused-ring (bicyclic) bond motifs is 1. The summed E-state index contributed by atoms with van der Waals surface area (Å²) in [6, 6.07) is 15.3. The molecule has 32 heavy (non-hydrogen) atoms. The molecule has 1 heterocycles. The molecular weight excluding hydrogens is 443 g/mol. The van der Waals surface area contributed by atoms with Crippen molar-refractivity contribution >= 4 is 28.5 Å². The van der Waals surface area contributed by atoms with Crippen molar-refractivity contribution in [2.24, 2.45) is 0 Å². The number of methoxy groups -OCH3 is 1. The Morgan fingerprint density at radius 2 is 1.78 bits per heavy atom. The molecule has 1 aromatic heterocycles. The molecule has 0 saturated heterocycles. The minimum Gasteiger partial charge on any atom is -0.493 e. The molecular formula is C23H17ClF3N3O2. The summed E-state index contributed by atoms with van der Waals surface area (Å²) >= 11 is 6.15. The molecule has 3 aromatic carbocycles. The average molecular weight is 460 g/mol. The molecule has 0 atom stereocenters. The van der Waals surface area contributed by atoms with Gasteiger partial charge in [-0.15, -0.1) is 0 Å². The minimum absolute atomic E-state index is 0.0811. The minimum atomic E-state index is -4.43. The monoisotopic (exact) mass is 459 g/mol. The molecule has 0 bridgehead atoms. The van der Waals surface area contributed by atoms with E-state index in [4.69, 9.17) is 26.8 Å². The topological polar surface area (TPSA) is 70.3 Å². The van der Waals surface area contributed by atoms with Crippen LogP contribution >= 0.6 is 11.6 Å². The SMILES string of the molecule is COc1ccc(-c2nc(N)nc3ccc(Cl)cc23)cc1OCc1cccc(C(F)(F)F)c1. The maximum Gasteiger partial charge on any atom is 0.416 e. The van der Waals surface area contributed by atoms with Gasteiger partial charge < -0.3 is 15.2 Å². The van der Waals surface area contributed by atoms with Gasteiger partial charge in [-0.3, -0.25) is 0 Å². The van der Waals surface area contributed by atoms with Gasteiger partial charge in [0.2, 0.25) is 5.95 Å². The molecule has 0 unspecified atom stereocenters. The van der Waals surface area contributed by atoms with Crippen LogP contribution < -0.4 is 15.2 Å². The van der Waals surface area contributed by atoms with Crippen LogP contribution in [0, 0.1) is 0 Å². The first kappa shape index (κ1) is 21.7. The van der Waals surface area contributed by atoms with Crippen molar-refractivity contribution in [3.8, 4) is 22.8 Å². The summed E-state index contributed by atoms with van der Waals surface area (Å²) in [6.07, 6.45) is -4.43. The number of hydrogen-bond donors (Lipinski definition) is 1. The normalized spacial score (nSPS) is 11.5. The van der Waals surface area contributed by atoms with Crippen LogP contribution in [0.2, 0.25) is 5.02 Å². The molecule has 0 aliphatic rings. The van der Waals surface area contributed by atoms with Crippen molar-refractivity contribution in [2.45, 2.75) is 12.8 Å². The number of nitrogens with two attached hydrogens (primary N) is 1. The van der Waals surface area contributed by atoms with Crippen LogP contribution in [0.4, 0.5) is 19.1 Å². The zero-order chi connectivity index (χ0) is 22.9. The number of nitrogens with zero attached hydrogens (tertiary/aromatic N) is 2. The Balaban J connectivity index is 1.70. The third-order valence-electron chi connectivity index (χ3n) is 4.76. The fourth-order valence-electron chi connectivity index (χ4n) is 3.27. The number of aromatic nitrogens is 2. The Morgan fingerprint density at radius 3 is 2.53 bits per heavy atom. The summed E-state index contributed by atoms with van der Waals surface area (Å²) in [5.41, 5.74) is 7.34. The van der Waals surface area contributed by atoms with E-state index in [1.807, 2.05) is 0 Å². The number of rotatable bonds is 5. The highest BCUT2D eigenvalue weighted by atomic mass is 35.5. The molecule has 4 aromatic rings. The number of hydrogen-bond acceptors (Lipinski definition) is 5. The summed E-state index contributed by atoms with van der Waals surface area (Å²) in [6.45, 7) is -0.0811. The molecule has 5 nitrogen and oxygen atoms in total. The predicted molar refractivity (Wildman–Crippen MR) is 117 cm³/mol. The number of halogens is 4. The average Bonchev–Trinajstić information content (AvgIpc) is 2.77. The lowest BCUT2D eigenvalue weighted by atomic mass is 10.1. The number of alkyl halides is 3. The van der Waals surface area contributed by atoms with Crippen LogP contribution in [0.15, 0.2) is 60.7 Å². The van der Waals surface area contributed by atoms with E-state index in [2.05, 4.69) is 9.97 Å². The van der Waals surface area contributed by atoms with Gasteiger partial charge in [-0.05, 0) is 54.1 Å². The highest BCUT2D eigenvalue weighted by molar-refractivity contribution is 6.31. The number of anilines is 1. The van der Waals surface area contributed by atoms with Gasteiger partial charge in [0.1, 0.15) is 6.61 Å². The van der Waals surface area contributed by atoms with E-state index in [1.54, 1.807) is 42.5 Å². The van der Waals surface area contributed by atoms with Gasteiger partial charge in [-0.2, -0.15) is 13.2 Å². The van der Waals surface area contributed by atoms with Gasteiger partial charge in [0.25, 0.3) is 0 Å². The summed E-state index contributed by atoms with van der Waals surface area (Å²) in [5.74, 6) is 0.858. The van der Waals surface area contributed by atoms with E-state index in [1.165, 1.54) is 13.2 Å². The van der Waals surface area contributed by atoms with Crippen molar-refractivity contribution in [2.75, 3.05) is 12.8 Å². The lowest BCUT2D eigenvalue weighted by molar-refractivity contribution is -0.137. The van der Waals surface area contributed by atoms with Crippen LogP contribution in [0.5, 0.6) is 11.5 Å². The van der Waals surface area contributed by atoms with Crippen molar-refractivity contribution in [1.82, 2.24) is 9.97 Å². The second-order valence-electron chi connectivity index (χ2n) is 6.94.